The largest absolute Gasteiger partial charge is 0.475 e. The predicted octanol–water partition coefficient (Wildman–Crippen LogP) is 1.52. The van der Waals surface area contributed by atoms with Crippen molar-refractivity contribution in [2.24, 2.45) is 0 Å². The molecule has 12 nitrogen and oxygen atoms in total. The van der Waals surface area contributed by atoms with Gasteiger partial charge in [-0.3, -0.25) is 9.36 Å². The molecule has 1 aliphatic rings. The number of hydrogen-bond donors (Lipinski definition) is 5. The summed E-state index contributed by atoms with van der Waals surface area (Å²) in [6.45, 7) is 2.40. The topological polar surface area (TPSA) is 172 Å². The van der Waals surface area contributed by atoms with Crippen molar-refractivity contribution in [1.82, 2.24) is 24.8 Å². The van der Waals surface area contributed by atoms with Crippen molar-refractivity contribution in [1.29, 1.82) is 0 Å². The molecule has 5 rings (SSSR count). The number of carbonyl (C=O) groups is 2. The van der Waals surface area contributed by atoms with E-state index in [4.69, 9.17) is 4.74 Å². The van der Waals surface area contributed by atoms with Gasteiger partial charge in [-0.15, -0.1) is 0 Å². The Balaban J connectivity index is 1.50. The van der Waals surface area contributed by atoms with E-state index in [2.05, 4.69) is 25.6 Å². The van der Waals surface area contributed by atoms with Gasteiger partial charge in [-0.2, -0.15) is 0 Å². The van der Waals surface area contributed by atoms with Gasteiger partial charge < -0.3 is 30.7 Å². The van der Waals surface area contributed by atoms with Gasteiger partial charge in [-0.1, -0.05) is 60.7 Å². The molecule has 0 bridgehead atoms. The Morgan fingerprint density at radius 1 is 1.00 bits per heavy atom. The molecule has 0 aliphatic carbocycles. The number of fused-ring (bicyclic) bond motifs is 1. The van der Waals surface area contributed by atoms with Gasteiger partial charge in [-0.25, -0.2) is 19.7 Å². The van der Waals surface area contributed by atoms with Crippen LogP contribution in [0.25, 0.3) is 11.2 Å². The summed E-state index contributed by atoms with van der Waals surface area (Å²) in [5.74, 6) is -2.33. The van der Waals surface area contributed by atoms with Crippen molar-refractivity contribution >= 4 is 28.9 Å². The van der Waals surface area contributed by atoms with E-state index >= 15 is 0 Å². The minimum absolute atomic E-state index is 0.0636. The van der Waals surface area contributed by atoms with Gasteiger partial charge in [0.1, 0.15) is 12.2 Å². The van der Waals surface area contributed by atoms with E-state index in [1.54, 1.807) is 6.92 Å². The molecule has 2 aromatic heterocycles. The number of carboxylic acids is 1. The number of aromatic carboxylic acids is 1. The molecule has 4 aromatic rings. The summed E-state index contributed by atoms with van der Waals surface area (Å²) < 4.78 is 6.99. The average Bonchev–Trinajstić information content (AvgIpc) is 3.50. The molecule has 39 heavy (non-hydrogen) atoms. The zero-order chi connectivity index (χ0) is 27.5. The van der Waals surface area contributed by atoms with Crippen molar-refractivity contribution in [3.05, 3.63) is 83.9 Å². The van der Waals surface area contributed by atoms with Crippen molar-refractivity contribution in [3.63, 3.8) is 0 Å². The summed E-state index contributed by atoms with van der Waals surface area (Å²) in [6.07, 6.45) is -4.24. The van der Waals surface area contributed by atoms with E-state index in [0.29, 0.717) is 13.1 Å². The van der Waals surface area contributed by atoms with E-state index in [9.17, 15) is 24.9 Å². The highest BCUT2D eigenvalue weighted by Crippen LogP contribution is 2.33. The van der Waals surface area contributed by atoms with Gasteiger partial charge in [-0.05, 0) is 18.1 Å². The van der Waals surface area contributed by atoms with E-state index in [-0.39, 0.29) is 22.9 Å². The second-order valence-corrected chi connectivity index (χ2v) is 9.10. The molecule has 5 N–H and O–H groups in total. The van der Waals surface area contributed by atoms with E-state index in [1.807, 2.05) is 60.7 Å². The number of carboxylic acid groups (broad SMARTS) is 1. The number of likely N-dealkylation sites (N-methyl/N-ethyl adjacent to an activating group) is 1. The van der Waals surface area contributed by atoms with Crippen molar-refractivity contribution < 1.29 is 29.6 Å². The van der Waals surface area contributed by atoms with Crippen LogP contribution in [0.5, 0.6) is 0 Å². The maximum Gasteiger partial charge on any atom is 0.374 e. The minimum Gasteiger partial charge on any atom is -0.475 e. The van der Waals surface area contributed by atoms with Crippen LogP contribution < -0.4 is 10.6 Å². The Labute approximate surface area is 223 Å². The van der Waals surface area contributed by atoms with Crippen LogP contribution in [0.1, 0.15) is 40.8 Å². The lowest BCUT2D eigenvalue weighted by Crippen LogP contribution is -2.42. The molecule has 1 fully saturated rings. The van der Waals surface area contributed by atoms with Gasteiger partial charge in [0.25, 0.3) is 5.91 Å². The fourth-order valence-electron chi connectivity index (χ4n) is 4.70. The number of amides is 1. The number of hydrogen-bond acceptors (Lipinski definition) is 9. The Bertz CT molecular complexity index is 1420. The highest BCUT2D eigenvalue weighted by Gasteiger charge is 2.47. The van der Waals surface area contributed by atoms with Crippen LogP contribution in [0.2, 0.25) is 0 Å². The normalized spacial score (nSPS) is 20.8. The van der Waals surface area contributed by atoms with Crippen LogP contribution in [0.3, 0.4) is 0 Å². The number of carbonyl (C=O) groups excluding carboxylic acids is 1. The first-order valence-electron chi connectivity index (χ1n) is 12.5. The fourth-order valence-corrected chi connectivity index (χ4v) is 4.70. The number of aliphatic hydroxyl groups is 2. The van der Waals surface area contributed by atoms with Gasteiger partial charge >= 0.3 is 5.97 Å². The number of rotatable bonds is 9. The van der Waals surface area contributed by atoms with Crippen LogP contribution in [0.15, 0.2) is 67.0 Å². The van der Waals surface area contributed by atoms with Gasteiger partial charge in [0.05, 0.1) is 6.33 Å². The second kappa shape index (κ2) is 11.2. The molecule has 202 valence electrons. The lowest BCUT2D eigenvalue weighted by Gasteiger charge is -2.20. The first-order chi connectivity index (χ1) is 18.9. The van der Waals surface area contributed by atoms with Gasteiger partial charge in [0.15, 0.2) is 29.3 Å². The minimum atomic E-state index is -1.50. The first kappa shape index (κ1) is 26.2. The highest BCUT2D eigenvalue weighted by atomic mass is 16.6. The standard InChI is InChI=1S/C27H28N6O6/c1-2-28-25(36)21-19(34)20(35)26(39-21)33-14-30-18-22(31-23(27(37)38)32-24(18)33)29-13-17(15-9-5-3-6-10-15)16-11-7-4-8-12-16/h3-12,14,17,19-21,26,34-35H,2,13H2,1H3,(H,28,36)(H,37,38)(H,29,31,32)/t19-,20+,21-,26+/m0/s1. The summed E-state index contributed by atoms with van der Waals surface area (Å²) in [4.78, 5) is 36.9. The maximum absolute atomic E-state index is 12.3. The van der Waals surface area contributed by atoms with E-state index < -0.39 is 42.2 Å². The number of nitrogens with zero attached hydrogens (tertiary/aromatic N) is 4. The predicted molar refractivity (Wildman–Crippen MR) is 140 cm³/mol. The van der Waals surface area contributed by atoms with Crippen molar-refractivity contribution in [2.45, 2.75) is 37.4 Å². The molecule has 1 saturated heterocycles. The molecule has 2 aromatic carbocycles. The Hall–Kier alpha value is -4.39. The van der Waals surface area contributed by atoms with Crippen LogP contribution in [0.4, 0.5) is 5.82 Å². The SMILES string of the molecule is CCNC(=O)[C@H]1O[C@@H](n2cnc3c(NCC(c4ccccc4)c4ccccc4)nc(C(=O)O)nc32)[C@H](O)[C@@H]1O. The van der Waals surface area contributed by atoms with Crippen molar-refractivity contribution in [2.75, 3.05) is 18.4 Å². The average molecular weight is 533 g/mol. The molecule has 1 amide bonds. The molecule has 1 aliphatic heterocycles. The number of aliphatic hydroxyl groups excluding tert-OH is 2. The quantitative estimate of drug-likeness (QED) is 0.213. The third-order valence-electron chi connectivity index (χ3n) is 6.61. The summed E-state index contributed by atoms with van der Waals surface area (Å²) in [7, 11) is 0. The summed E-state index contributed by atoms with van der Waals surface area (Å²) in [5.41, 5.74) is 2.41. The number of anilines is 1. The van der Waals surface area contributed by atoms with Crippen molar-refractivity contribution in [3.8, 4) is 0 Å². The smallest absolute Gasteiger partial charge is 0.374 e. The molecule has 4 atom stereocenters. The summed E-state index contributed by atoms with van der Waals surface area (Å²) in [5, 5.41) is 36.6. The first-order valence-corrected chi connectivity index (χ1v) is 12.5. The molecule has 0 saturated carbocycles. The molecule has 0 unspecified atom stereocenters. The molecular formula is C27H28N6O6. The molecule has 0 spiro atoms. The van der Waals surface area contributed by atoms with Gasteiger partial charge in [0, 0.05) is 19.0 Å². The van der Waals surface area contributed by atoms with Crippen LogP contribution >= 0.6 is 0 Å². The Morgan fingerprint density at radius 3 is 2.23 bits per heavy atom. The zero-order valence-corrected chi connectivity index (χ0v) is 21.0. The lowest BCUT2D eigenvalue weighted by molar-refractivity contribution is -0.137. The molecule has 3 heterocycles. The number of ether oxygens (including phenoxy) is 1. The lowest BCUT2D eigenvalue weighted by atomic mass is 9.91. The number of imidazole rings is 1. The molecule has 12 heteroatoms. The zero-order valence-electron chi connectivity index (χ0n) is 21.0. The fraction of sp³-hybridized carbons (Fsp3) is 0.296. The monoisotopic (exact) mass is 532 g/mol. The summed E-state index contributed by atoms with van der Waals surface area (Å²) in [6, 6.07) is 19.7. The Morgan fingerprint density at radius 2 is 1.64 bits per heavy atom. The second-order valence-electron chi connectivity index (χ2n) is 9.10. The number of nitrogens with one attached hydrogen (secondary N) is 2. The van der Waals surface area contributed by atoms with Crippen LogP contribution in [-0.2, 0) is 9.53 Å². The number of benzene rings is 2. The number of aromatic nitrogens is 4. The molecule has 0 radical (unpaired) electrons. The highest BCUT2D eigenvalue weighted by molar-refractivity contribution is 5.90. The third-order valence-corrected chi connectivity index (χ3v) is 6.61. The van der Waals surface area contributed by atoms with Crippen LogP contribution in [-0.4, -0.2) is 78.1 Å². The third kappa shape index (κ3) is 5.17. The maximum atomic E-state index is 12.3. The van der Waals surface area contributed by atoms with E-state index in [1.165, 1.54) is 10.9 Å². The summed E-state index contributed by atoms with van der Waals surface area (Å²) >= 11 is 0. The van der Waals surface area contributed by atoms with Gasteiger partial charge in [0.2, 0.25) is 5.82 Å². The Kier molecular flexibility index (Phi) is 7.50. The van der Waals surface area contributed by atoms with E-state index in [0.717, 1.165) is 11.1 Å². The molecular weight excluding hydrogens is 504 g/mol. The van der Waals surface area contributed by atoms with Crippen LogP contribution in [0, 0.1) is 0 Å².